The van der Waals surface area contributed by atoms with Crippen LogP contribution in [0.5, 0.6) is 0 Å². The molecule has 0 amide bonds. The Labute approximate surface area is 119 Å². The standard InChI is InChI=1S/C14H20Cl2N2/c1-3-17-13-4-5-18(10(2)6-13)14-8-11(15)7-12(16)9-14/h7-10,13,17H,3-6H2,1-2H3. The van der Waals surface area contributed by atoms with E-state index in [1.54, 1.807) is 6.07 Å². The lowest BCUT2D eigenvalue weighted by molar-refractivity contribution is 0.374. The van der Waals surface area contributed by atoms with Crippen molar-refractivity contribution >= 4 is 28.9 Å². The normalized spacial score (nSPS) is 24.3. The van der Waals surface area contributed by atoms with Gasteiger partial charge in [0.1, 0.15) is 0 Å². The van der Waals surface area contributed by atoms with Gasteiger partial charge in [-0.1, -0.05) is 30.1 Å². The number of piperidine rings is 1. The summed E-state index contributed by atoms with van der Waals surface area (Å²) in [6.45, 7) is 6.52. The quantitative estimate of drug-likeness (QED) is 0.905. The van der Waals surface area contributed by atoms with Crippen molar-refractivity contribution in [2.75, 3.05) is 18.0 Å². The number of halogens is 2. The molecule has 1 saturated heterocycles. The van der Waals surface area contributed by atoms with Gasteiger partial charge < -0.3 is 10.2 Å². The van der Waals surface area contributed by atoms with Crippen LogP contribution in [0, 0.1) is 0 Å². The largest absolute Gasteiger partial charge is 0.369 e. The Hall–Kier alpha value is -0.440. The molecule has 0 aliphatic carbocycles. The average Bonchev–Trinajstić information content (AvgIpc) is 2.28. The Balaban J connectivity index is 2.10. The second kappa shape index (κ2) is 6.14. The summed E-state index contributed by atoms with van der Waals surface area (Å²) >= 11 is 12.1. The third kappa shape index (κ3) is 3.31. The third-order valence-corrected chi connectivity index (χ3v) is 3.98. The molecule has 1 aromatic carbocycles. The maximum atomic E-state index is 6.07. The van der Waals surface area contributed by atoms with Gasteiger partial charge in [-0.25, -0.2) is 0 Å². The summed E-state index contributed by atoms with van der Waals surface area (Å²) in [6.07, 6.45) is 2.33. The molecule has 1 aromatic rings. The molecule has 1 aliphatic heterocycles. The van der Waals surface area contributed by atoms with Gasteiger partial charge in [0.15, 0.2) is 0 Å². The van der Waals surface area contributed by atoms with E-state index in [1.165, 1.54) is 6.42 Å². The van der Waals surface area contributed by atoms with Crippen molar-refractivity contribution in [3.8, 4) is 0 Å². The maximum Gasteiger partial charge on any atom is 0.0441 e. The molecular weight excluding hydrogens is 267 g/mol. The van der Waals surface area contributed by atoms with E-state index in [0.29, 0.717) is 22.1 Å². The van der Waals surface area contributed by atoms with Crippen molar-refractivity contribution < 1.29 is 0 Å². The Bertz CT molecular complexity index is 389. The highest BCUT2D eigenvalue weighted by Crippen LogP contribution is 2.30. The van der Waals surface area contributed by atoms with E-state index < -0.39 is 0 Å². The van der Waals surface area contributed by atoms with Crippen LogP contribution in [0.4, 0.5) is 5.69 Å². The van der Waals surface area contributed by atoms with Gasteiger partial charge in [-0.05, 0) is 44.5 Å². The molecule has 0 spiro atoms. The van der Waals surface area contributed by atoms with E-state index in [-0.39, 0.29) is 0 Å². The van der Waals surface area contributed by atoms with E-state index in [1.807, 2.05) is 12.1 Å². The number of hydrogen-bond acceptors (Lipinski definition) is 2. The first-order chi connectivity index (χ1) is 8.60. The summed E-state index contributed by atoms with van der Waals surface area (Å²) in [5.74, 6) is 0. The molecule has 2 atom stereocenters. The molecule has 1 fully saturated rings. The number of benzene rings is 1. The lowest BCUT2D eigenvalue weighted by Crippen LogP contribution is -2.47. The van der Waals surface area contributed by atoms with Crippen LogP contribution in [0.1, 0.15) is 26.7 Å². The molecule has 2 nitrogen and oxygen atoms in total. The predicted molar refractivity (Wildman–Crippen MR) is 80.0 cm³/mol. The first kappa shape index (κ1) is 14.0. The zero-order valence-corrected chi connectivity index (χ0v) is 12.4. The SMILES string of the molecule is CCNC1CCN(c2cc(Cl)cc(Cl)c2)C(C)C1. The second-order valence-electron chi connectivity index (χ2n) is 4.95. The van der Waals surface area contributed by atoms with Gasteiger partial charge >= 0.3 is 0 Å². The van der Waals surface area contributed by atoms with Crippen LogP contribution in [0.25, 0.3) is 0 Å². The zero-order valence-electron chi connectivity index (χ0n) is 10.9. The summed E-state index contributed by atoms with van der Waals surface area (Å²) in [4.78, 5) is 2.39. The molecule has 1 aliphatic rings. The Kier molecular flexibility index (Phi) is 4.77. The first-order valence-corrected chi connectivity index (χ1v) is 7.32. The molecule has 100 valence electrons. The van der Waals surface area contributed by atoms with Crippen molar-refractivity contribution in [2.45, 2.75) is 38.8 Å². The van der Waals surface area contributed by atoms with Crippen LogP contribution in [-0.2, 0) is 0 Å². The maximum absolute atomic E-state index is 6.07. The van der Waals surface area contributed by atoms with Gasteiger partial charge in [0.25, 0.3) is 0 Å². The van der Waals surface area contributed by atoms with Gasteiger partial charge in [-0.3, -0.25) is 0 Å². The van der Waals surface area contributed by atoms with Crippen LogP contribution in [-0.4, -0.2) is 25.2 Å². The molecule has 0 radical (unpaired) electrons. The molecule has 0 saturated carbocycles. The minimum Gasteiger partial charge on any atom is -0.369 e. The molecule has 1 N–H and O–H groups in total. The molecule has 18 heavy (non-hydrogen) atoms. The zero-order chi connectivity index (χ0) is 13.1. The number of anilines is 1. The molecule has 1 heterocycles. The Morgan fingerprint density at radius 1 is 1.28 bits per heavy atom. The van der Waals surface area contributed by atoms with E-state index in [4.69, 9.17) is 23.2 Å². The van der Waals surface area contributed by atoms with Crippen LogP contribution >= 0.6 is 23.2 Å². The van der Waals surface area contributed by atoms with Crippen LogP contribution in [0.3, 0.4) is 0 Å². The number of rotatable bonds is 3. The van der Waals surface area contributed by atoms with Gasteiger partial charge in [0, 0.05) is 34.4 Å². The highest BCUT2D eigenvalue weighted by molar-refractivity contribution is 6.35. The van der Waals surface area contributed by atoms with Crippen LogP contribution in [0.15, 0.2) is 18.2 Å². The fraction of sp³-hybridized carbons (Fsp3) is 0.571. The van der Waals surface area contributed by atoms with Crippen molar-refractivity contribution in [2.24, 2.45) is 0 Å². The summed E-state index contributed by atoms with van der Waals surface area (Å²) in [5.41, 5.74) is 1.13. The van der Waals surface area contributed by atoms with Crippen molar-refractivity contribution in [3.05, 3.63) is 28.2 Å². The molecule has 4 heteroatoms. The molecule has 2 rings (SSSR count). The Morgan fingerprint density at radius 3 is 2.50 bits per heavy atom. The average molecular weight is 287 g/mol. The topological polar surface area (TPSA) is 15.3 Å². The molecular formula is C14H20Cl2N2. The van der Waals surface area contributed by atoms with Gasteiger partial charge in [0.2, 0.25) is 0 Å². The lowest BCUT2D eigenvalue weighted by atomic mass is 9.97. The third-order valence-electron chi connectivity index (χ3n) is 3.55. The van der Waals surface area contributed by atoms with E-state index in [2.05, 4.69) is 24.1 Å². The van der Waals surface area contributed by atoms with Crippen LogP contribution in [0.2, 0.25) is 10.0 Å². The fourth-order valence-electron chi connectivity index (χ4n) is 2.73. The van der Waals surface area contributed by atoms with Gasteiger partial charge in [-0.2, -0.15) is 0 Å². The summed E-state index contributed by atoms with van der Waals surface area (Å²) < 4.78 is 0. The minimum atomic E-state index is 0.511. The van der Waals surface area contributed by atoms with Crippen LogP contribution < -0.4 is 10.2 Å². The van der Waals surface area contributed by atoms with Crippen molar-refractivity contribution in [1.29, 1.82) is 0 Å². The molecule has 2 unspecified atom stereocenters. The Morgan fingerprint density at radius 2 is 1.94 bits per heavy atom. The first-order valence-electron chi connectivity index (χ1n) is 6.56. The second-order valence-corrected chi connectivity index (χ2v) is 5.82. The number of nitrogens with one attached hydrogen (secondary N) is 1. The molecule has 0 bridgehead atoms. The fourth-order valence-corrected chi connectivity index (χ4v) is 3.25. The minimum absolute atomic E-state index is 0.511. The van der Waals surface area contributed by atoms with Crippen molar-refractivity contribution in [1.82, 2.24) is 5.32 Å². The highest BCUT2D eigenvalue weighted by Gasteiger charge is 2.25. The van der Waals surface area contributed by atoms with E-state index in [0.717, 1.165) is 25.2 Å². The van der Waals surface area contributed by atoms with Gasteiger partial charge in [0.05, 0.1) is 0 Å². The monoisotopic (exact) mass is 286 g/mol. The summed E-state index contributed by atoms with van der Waals surface area (Å²) in [5, 5.41) is 4.94. The molecule has 0 aromatic heterocycles. The highest BCUT2D eigenvalue weighted by atomic mass is 35.5. The summed E-state index contributed by atoms with van der Waals surface area (Å²) in [7, 11) is 0. The smallest absolute Gasteiger partial charge is 0.0441 e. The summed E-state index contributed by atoms with van der Waals surface area (Å²) in [6, 6.07) is 6.92. The lowest BCUT2D eigenvalue weighted by Gasteiger charge is -2.39. The van der Waals surface area contributed by atoms with Gasteiger partial charge in [-0.15, -0.1) is 0 Å². The van der Waals surface area contributed by atoms with E-state index in [9.17, 15) is 0 Å². The number of hydrogen-bond donors (Lipinski definition) is 1. The predicted octanol–water partition coefficient (Wildman–Crippen LogP) is 3.96. The van der Waals surface area contributed by atoms with E-state index >= 15 is 0 Å². The number of nitrogens with zero attached hydrogens (tertiary/aromatic N) is 1. The van der Waals surface area contributed by atoms with Crippen molar-refractivity contribution in [3.63, 3.8) is 0 Å².